The molecule has 1 amide bonds. The van der Waals surface area contributed by atoms with Gasteiger partial charge in [-0.1, -0.05) is 35.3 Å². The van der Waals surface area contributed by atoms with Crippen molar-refractivity contribution in [2.45, 2.75) is 13.0 Å². The molecule has 5 nitrogen and oxygen atoms in total. The summed E-state index contributed by atoms with van der Waals surface area (Å²) < 4.78 is 7.29. The van der Waals surface area contributed by atoms with Crippen LogP contribution < -0.4 is 10.1 Å². The number of nitrogens with zero attached hydrogens (tertiary/aromatic N) is 2. The predicted molar refractivity (Wildman–Crippen MR) is 102 cm³/mol. The van der Waals surface area contributed by atoms with Gasteiger partial charge in [-0.05, 0) is 35.9 Å². The number of hydrogen-bond donors (Lipinski definition) is 1. The summed E-state index contributed by atoms with van der Waals surface area (Å²) in [6, 6.07) is 14.7. The molecule has 1 heterocycles. The van der Waals surface area contributed by atoms with Gasteiger partial charge in [0.05, 0.1) is 28.8 Å². The molecule has 26 heavy (non-hydrogen) atoms. The van der Waals surface area contributed by atoms with Crippen LogP contribution in [0.1, 0.15) is 12.0 Å². The summed E-state index contributed by atoms with van der Waals surface area (Å²) in [6.45, 7) is 0.729. The molecule has 0 spiro atoms. The number of aromatic nitrogens is 2. The van der Waals surface area contributed by atoms with Crippen molar-refractivity contribution >= 4 is 29.1 Å². The van der Waals surface area contributed by atoms with Crippen LogP contribution in [-0.4, -0.2) is 22.3 Å². The second-order valence-corrected chi connectivity index (χ2v) is 6.38. The molecule has 3 aromatic rings. The first kappa shape index (κ1) is 18.3. The summed E-state index contributed by atoms with van der Waals surface area (Å²) in [7, 11) is 0. The Balaban J connectivity index is 1.41. The van der Waals surface area contributed by atoms with Gasteiger partial charge in [0.1, 0.15) is 5.75 Å². The first-order valence-electron chi connectivity index (χ1n) is 8.05. The van der Waals surface area contributed by atoms with Gasteiger partial charge in [0, 0.05) is 25.0 Å². The maximum atomic E-state index is 11.9. The van der Waals surface area contributed by atoms with Crippen molar-refractivity contribution in [3.05, 3.63) is 76.5 Å². The zero-order valence-corrected chi connectivity index (χ0v) is 15.4. The molecule has 0 bridgehead atoms. The van der Waals surface area contributed by atoms with E-state index < -0.39 is 0 Å². The Labute approximate surface area is 161 Å². The van der Waals surface area contributed by atoms with E-state index in [1.807, 2.05) is 36.5 Å². The van der Waals surface area contributed by atoms with Gasteiger partial charge >= 0.3 is 0 Å². The van der Waals surface area contributed by atoms with Gasteiger partial charge in [0.2, 0.25) is 5.91 Å². The molecule has 0 fully saturated rings. The quantitative estimate of drug-likeness (QED) is 0.656. The van der Waals surface area contributed by atoms with E-state index in [0.717, 1.165) is 11.3 Å². The van der Waals surface area contributed by atoms with Crippen molar-refractivity contribution in [2.24, 2.45) is 0 Å². The predicted octanol–water partition coefficient (Wildman–Crippen LogP) is 4.26. The highest BCUT2D eigenvalue weighted by Crippen LogP contribution is 2.26. The lowest BCUT2D eigenvalue weighted by molar-refractivity contribution is -0.121. The molecule has 0 aliphatic carbocycles. The third-order valence-electron chi connectivity index (χ3n) is 3.68. The van der Waals surface area contributed by atoms with Gasteiger partial charge in [0.25, 0.3) is 0 Å². The molecule has 0 atom stereocenters. The van der Waals surface area contributed by atoms with Gasteiger partial charge in [-0.2, -0.15) is 5.10 Å². The van der Waals surface area contributed by atoms with E-state index >= 15 is 0 Å². The van der Waals surface area contributed by atoms with Gasteiger partial charge in [0.15, 0.2) is 0 Å². The van der Waals surface area contributed by atoms with Gasteiger partial charge < -0.3 is 10.1 Å². The SMILES string of the molecule is O=C(CCOc1ccc(Cl)c(Cl)c1)NCc1ccc(-n2cccn2)cc1. The second kappa shape index (κ2) is 8.74. The van der Waals surface area contributed by atoms with Crippen molar-refractivity contribution in [1.82, 2.24) is 15.1 Å². The highest BCUT2D eigenvalue weighted by atomic mass is 35.5. The first-order chi connectivity index (χ1) is 12.6. The topological polar surface area (TPSA) is 56.1 Å². The summed E-state index contributed by atoms with van der Waals surface area (Å²) >= 11 is 11.8. The van der Waals surface area contributed by atoms with Gasteiger partial charge in [-0.3, -0.25) is 4.79 Å². The molecule has 7 heteroatoms. The standard InChI is InChI=1S/C19H17Cl2N3O2/c20-17-7-6-16(12-18(17)21)26-11-8-19(25)22-13-14-2-4-15(5-3-14)24-10-1-9-23-24/h1-7,9-10,12H,8,11,13H2,(H,22,25). The molecule has 0 unspecified atom stereocenters. The molecule has 0 radical (unpaired) electrons. The summed E-state index contributed by atoms with van der Waals surface area (Å²) in [5, 5.41) is 7.94. The van der Waals surface area contributed by atoms with E-state index in [0.29, 0.717) is 22.3 Å². The molecule has 3 rings (SSSR count). The Morgan fingerprint density at radius 1 is 1.12 bits per heavy atom. The number of nitrogens with one attached hydrogen (secondary N) is 1. The lowest BCUT2D eigenvalue weighted by atomic mass is 10.2. The molecule has 2 aromatic carbocycles. The zero-order chi connectivity index (χ0) is 18.4. The van der Waals surface area contributed by atoms with Crippen LogP contribution in [0.15, 0.2) is 60.9 Å². The Morgan fingerprint density at radius 3 is 2.62 bits per heavy atom. The average Bonchev–Trinajstić information content (AvgIpc) is 3.18. The Bertz CT molecular complexity index is 865. The molecule has 1 N–H and O–H groups in total. The summed E-state index contributed by atoms with van der Waals surface area (Å²) in [5.74, 6) is 0.502. The van der Waals surface area contributed by atoms with E-state index in [9.17, 15) is 4.79 Å². The Morgan fingerprint density at radius 2 is 1.92 bits per heavy atom. The number of carbonyl (C=O) groups excluding carboxylic acids is 1. The maximum Gasteiger partial charge on any atom is 0.223 e. The van der Waals surface area contributed by atoms with Crippen LogP contribution in [0.5, 0.6) is 5.75 Å². The highest BCUT2D eigenvalue weighted by molar-refractivity contribution is 6.42. The first-order valence-corrected chi connectivity index (χ1v) is 8.81. The third kappa shape index (κ3) is 5.00. The number of amides is 1. The zero-order valence-electron chi connectivity index (χ0n) is 13.9. The minimum absolute atomic E-state index is 0.0822. The molecular weight excluding hydrogens is 373 g/mol. The minimum Gasteiger partial charge on any atom is -0.493 e. The Kier molecular flexibility index (Phi) is 6.15. The number of ether oxygens (including phenoxy) is 1. The fourth-order valence-corrected chi connectivity index (χ4v) is 2.59. The van der Waals surface area contributed by atoms with Crippen LogP contribution in [0.25, 0.3) is 5.69 Å². The molecule has 0 aliphatic rings. The minimum atomic E-state index is -0.0822. The number of rotatable bonds is 7. The van der Waals surface area contributed by atoms with Crippen LogP contribution in [0.2, 0.25) is 10.0 Å². The van der Waals surface area contributed by atoms with Crippen molar-refractivity contribution in [1.29, 1.82) is 0 Å². The van der Waals surface area contributed by atoms with E-state index in [4.69, 9.17) is 27.9 Å². The highest BCUT2D eigenvalue weighted by Gasteiger charge is 2.04. The molecule has 0 saturated carbocycles. The lowest BCUT2D eigenvalue weighted by Gasteiger charge is -2.09. The number of hydrogen-bond acceptors (Lipinski definition) is 3. The van der Waals surface area contributed by atoms with Crippen LogP contribution in [0.4, 0.5) is 0 Å². The van der Waals surface area contributed by atoms with Crippen LogP contribution in [0.3, 0.4) is 0 Å². The molecule has 0 aliphatic heterocycles. The van der Waals surface area contributed by atoms with E-state index in [-0.39, 0.29) is 18.9 Å². The van der Waals surface area contributed by atoms with E-state index in [2.05, 4.69) is 10.4 Å². The van der Waals surface area contributed by atoms with Crippen LogP contribution in [0, 0.1) is 0 Å². The van der Waals surface area contributed by atoms with Crippen molar-refractivity contribution in [2.75, 3.05) is 6.61 Å². The summed E-state index contributed by atoms with van der Waals surface area (Å²) in [6.07, 6.45) is 3.87. The molecule has 0 saturated heterocycles. The Hall–Kier alpha value is -2.50. The lowest BCUT2D eigenvalue weighted by Crippen LogP contribution is -2.24. The smallest absolute Gasteiger partial charge is 0.223 e. The summed E-state index contributed by atoms with van der Waals surface area (Å²) in [4.78, 5) is 11.9. The summed E-state index contributed by atoms with van der Waals surface area (Å²) in [5.41, 5.74) is 1.99. The monoisotopic (exact) mass is 389 g/mol. The number of halogens is 2. The van der Waals surface area contributed by atoms with E-state index in [1.54, 1.807) is 29.1 Å². The fraction of sp³-hybridized carbons (Fsp3) is 0.158. The fourth-order valence-electron chi connectivity index (χ4n) is 2.31. The third-order valence-corrected chi connectivity index (χ3v) is 4.42. The molecular formula is C19H17Cl2N3O2. The van der Waals surface area contributed by atoms with Crippen molar-refractivity contribution < 1.29 is 9.53 Å². The maximum absolute atomic E-state index is 11.9. The van der Waals surface area contributed by atoms with Gasteiger partial charge in [-0.25, -0.2) is 4.68 Å². The normalized spacial score (nSPS) is 10.5. The van der Waals surface area contributed by atoms with Crippen LogP contribution in [-0.2, 0) is 11.3 Å². The van der Waals surface area contributed by atoms with Gasteiger partial charge in [-0.15, -0.1) is 0 Å². The van der Waals surface area contributed by atoms with Crippen molar-refractivity contribution in [3.8, 4) is 11.4 Å². The number of carbonyl (C=O) groups is 1. The number of benzene rings is 2. The van der Waals surface area contributed by atoms with Crippen LogP contribution >= 0.6 is 23.2 Å². The average molecular weight is 390 g/mol. The largest absolute Gasteiger partial charge is 0.493 e. The molecule has 1 aromatic heterocycles. The van der Waals surface area contributed by atoms with Crippen molar-refractivity contribution in [3.63, 3.8) is 0 Å². The second-order valence-electron chi connectivity index (χ2n) is 5.57. The van der Waals surface area contributed by atoms with E-state index in [1.165, 1.54) is 0 Å². The molecule has 134 valence electrons.